The molecule has 8 heteroatoms. The van der Waals surface area contributed by atoms with E-state index in [1.54, 1.807) is 13.2 Å². The third-order valence-corrected chi connectivity index (χ3v) is 5.59. The van der Waals surface area contributed by atoms with Gasteiger partial charge in [-0.05, 0) is 83.9 Å². The first-order valence-corrected chi connectivity index (χ1v) is 10.8. The molecule has 0 saturated heterocycles. The van der Waals surface area contributed by atoms with Crippen molar-refractivity contribution in [2.24, 2.45) is 0 Å². The summed E-state index contributed by atoms with van der Waals surface area (Å²) in [5, 5.41) is 4.74. The van der Waals surface area contributed by atoms with Gasteiger partial charge in [0, 0.05) is 6.42 Å². The lowest BCUT2D eigenvalue weighted by molar-refractivity contribution is -0.140. The summed E-state index contributed by atoms with van der Waals surface area (Å²) in [5.74, 6) is 0.119. The quantitative estimate of drug-likeness (QED) is 0.320. The Morgan fingerprint density at radius 2 is 1.65 bits per heavy atom. The van der Waals surface area contributed by atoms with E-state index in [9.17, 15) is 9.59 Å². The highest BCUT2D eigenvalue weighted by Crippen LogP contribution is 2.36. The van der Waals surface area contributed by atoms with Gasteiger partial charge >= 0.3 is 11.9 Å². The van der Waals surface area contributed by atoms with Gasteiger partial charge in [-0.25, -0.2) is 4.79 Å². The Kier molecular flexibility index (Phi) is 7.94. The van der Waals surface area contributed by atoms with Crippen molar-refractivity contribution in [1.82, 2.24) is 5.16 Å². The molecule has 0 N–H and O–H groups in total. The molecular weight excluding hydrogens is 438 g/mol. The fourth-order valence-electron chi connectivity index (χ4n) is 3.95. The summed E-state index contributed by atoms with van der Waals surface area (Å²) < 4.78 is 26.0. The van der Waals surface area contributed by atoms with Crippen LogP contribution in [-0.2, 0) is 14.3 Å². The van der Waals surface area contributed by atoms with Crippen molar-refractivity contribution in [3.05, 3.63) is 58.2 Å². The van der Waals surface area contributed by atoms with Crippen LogP contribution in [0.3, 0.4) is 0 Å². The average Bonchev–Trinajstić information content (AvgIpc) is 3.26. The van der Waals surface area contributed by atoms with Crippen molar-refractivity contribution < 1.29 is 33.1 Å². The van der Waals surface area contributed by atoms with Gasteiger partial charge in [-0.15, -0.1) is 0 Å². The molecule has 0 amide bonds. The molecule has 34 heavy (non-hydrogen) atoms. The monoisotopic (exact) mass is 467 g/mol. The molecule has 1 heterocycles. The molecule has 0 unspecified atom stereocenters. The summed E-state index contributed by atoms with van der Waals surface area (Å²) in [6.07, 6.45) is 3.60. The number of carbonyl (C=O) groups excluding carboxylic acids is 2. The predicted molar refractivity (Wildman–Crippen MR) is 127 cm³/mol. The van der Waals surface area contributed by atoms with Crippen LogP contribution >= 0.6 is 0 Å². The molecule has 3 aromatic rings. The van der Waals surface area contributed by atoms with Gasteiger partial charge in [-0.2, -0.15) is 0 Å². The minimum absolute atomic E-state index is 0.255. The maximum Gasteiger partial charge on any atom is 0.341 e. The van der Waals surface area contributed by atoms with E-state index in [2.05, 4.69) is 5.16 Å². The van der Waals surface area contributed by atoms with Gasteiger partial charge in [0.25, 0.3) is 5.88 Å². The topological polar surface area (TPSA) is 97.1 Å². The standard InChI is InChI=1S/C26H29NO7/c1-15-11-18(14-21(23(15)31-4)26(29)33-6)19(9-7-8-10-22(28)30-3)17-12-16(2)24-20(13-17)25(32-5)27-34-24/h9,11-14H,7-8,10H2,1-6H3/b19-9-. The predicted octanol–water partition coefficient (Wildman–Crippen LogP) is 5.02. The van der Waals surface area contributed by atoms with Crippen LogP contribution in [0.15, 0.2) is 34.9 Å². The second-order valence-corrected chi connectivity index (χ2v) is 7.81. The number of aryl methyl sites for hydroxylation is 2. The maximum atomic E-state index is 12.5. The summed E-state index contributed by atoms with van der Waals surface area (Å²) >= 11 is 0. The molecule has 0 aliphatic heterocycles. The highest BCUT2D eigenvalue weighted by atomic mass is 16.5. The number of fused-ring (bicyclic) bond motifs is 1. The van der Waals surface area contributed by atoms with Crippen molar-refractivity contribution in [3.8, 4) is 11.6 Å². The number of benzene rings is 2. The number of aromatic nitrogens is 1. The largest absolute Gasteiger partial charge is 0.496 e. The fourth-order valence-corrected chi connectivity index (χ4v) is 3.95. The molecule has 0 fully saturated rings. The molecule has 0 aliphatic rings. The summed E-state index contributed by atoms with van der Waals surface area (Å²) in [7, 11) is 5.77. The molecule has 0 atom stereocenters. The third kappa shape index (κ3) is 5.06. The van der Waals surface area contributed by atoms with Gasteiger partial charge in [0.1, 0.15) is 11.3 Å². The number of allylic oxidation sites excluding steroid dienone is 1. The highest BCUT2D eigenvalue weighted by molar-refractivity contribution is 5.96. The third-order valence-electron chi connectivity index (χ3n) is 5.59. The summed E-state index contributed by atoms with van der Waals surface area (Å²) in [5.41, 5.74) is 5.25. The van der Waals surface area contributed by atoms with Gasteiger partial charge in [-0.3, -0.25) is 4.79 Å². The Labute approximate surface area is 198 Å². The molecule has 0 bridgehead atoms. The van der Waals surface area contributed by atoms with E-state index in [-0.39, 0.29) is 5.97 Å². The minimum Gasteiger partial charge on any atom is -0.496 e. The number of ether oxygens (including phenoxy) is 4. The lowest BCUT2D eigenvalue weighted by Crippen LogP contribution is -2.07. The van der Waals surface area contributed by atoms with Crippen LogP contribution in [0.1, 0.15) is 51.9 Å². The van der Waals surface area contributed by atoms with Crippen LogP contribution in [0.2, 0.25) is 0 Å². The Morgan fingerprint density at radius 3 is 2.29 bits per heavy atom. The highest BCUT2D eigenvalue weighted by Gasteiger charge is 2.20. The SMILES string of the molecule is COC(=O)CCC/C=C(\c1cc(C)c(OC)c(C(=O)OC)c1)c1cc(C)c2onc(OC)c2c1. The average molecular weight is 468 g/mol. The smallest absolute Gasteiger partial charge is 0.341 e. The number of unbranched alkanes of at least 4 members (excludes halogenated alkanes) is 1. The van der Waals surface area contributed by atoms with Crippen molar-refractivity contribution in [3.63, 3.8) is 0 Å². The first-order chi connectivity index (χ1) is 16.3. The van der Waals surface area contributed by atoms with Gasteiger partial charge in [0.05, 0.1) is 33.8 Å². The normalized spacial score (nSPS) is 11.4. The number of methoxy groups -OCH3 is 4. The molecule has 3 rings (SSSR count). The van der Waals surface area contributed by atoms with E-state index in [4.69, 9.17) is 23.5 Å². The molecule has 2 aromatic carbocycles. The van der Waals surface area contributed by atoms with Crippen LogP contribution in [0.25, 0.3) is 16.5 Å². The number of esters is 2. The molecule has 8 nitrogen and oxygen atoms in total. The van der Waals surface area contributed by atoms with Gasteiger partial charge in [0.15, 0.2) is 5.58 Å². The second kappa shape index (κ2) is 10.9. The van der Waals surface area contributed by atoms with E-state index in [1.165, 1.54) is 21.3 Å². The first-order valence-electron chi connectivity index (χ1n) is 10.8. The summed E-state index contributed by atoms with van der Waals surface area (Å²) in [6.45, 7) is 3.81. The fraction of sp³-hybridized carbons (Fsp3) is 0.346. The zero-order chi connectivity index (χ0) is 24.8. The molecule has 0 spiro atoms. The van der Waals surface area contributed by atoms with Crippen molar-refractivity contribution >= 4 is 28.5 Å². The van der Waals surface area contributed by atoms with Crippen LogP contribution in [0.4, 0.5) is 0 Å². The Bertz CT molecular complexity index is 1240. The lowest BCUT2D eigenvalue weighted by atomic mass is 9.91. The van der Waals surface area contributed by atoms with E-state index < -0.39 is 5.97 Å². The summed E-state index contributed by atoms with van der Waals surface area (Å²) in [6, 6.07) is 7.66. The van der Waals surface area contributed by atoms with Crippen LogP contribution in [-0.4, -0.2) is 45.5 Å². The van der Waals surface area contributed by atoms with Crippen LogP contribution in [0, 0.1) is 13.8 Å². The molecule has 0 radical (unpaired) electrons. The van der Waals surface area contributed by atoms with Crippen LogP contribution in [0.5, 0.6) is 11.6 Å². The number of hydrogen-bond acceptors (Lipinski definition) is 8. The Morgan fingerprint density at radius 1 is 0.941 bits per heavy atom. The van der Waals surface area contributed by atoms with Crippen LogP contribution < -0.4 is 9.47 Å². The number of carbonyl (C=O) groups is 2. The summed E-state index contributed by atoms with van der Waals surface area (Å²) in [4.78, 5) is 24.0. The minimum atomic E-state index is -0.487. The number of rotatable bonds is 9. The Hall–Kier alpha value is -3.81. The Balaban J connectivity index is 2.17. The number of hydrogen-bond donors (Lipinski definition) is 0. The van der Waals surface area contributed by atoms with Gasteiger partial charge in [-0.1, -0.05) is 6.08 Å². The zero-order valence-corrected chi connectivity index (χ0v) is 20.3. The molecule has 180 valence electrons. The zero-order valence-electron chi connectivity index (χ0n) is 20.3. The first kappa shape index (κ1) is 24.8. The van der Waals surface area contributed by atoms with E-state index in [1.807, 2.05) is 38.1 Å². The second-order valence-electron chi connectivity index (χ2n) is 7.81. The van der Waals surface area contributed by atoms with Crippen molar-refractivity contribution in [2.75, 3.05) is 28.4 Å². The maximum absolute atomic E-state index is 12.5. The van der Waals surface area contributed by atoms with Gasteiger partial charge in [0.2, 0.25) is 0 Å². The van der Waals surface area contributed by atoms with E-state index in [0.717, 1.165) is 33.2 Å². The molecule has 1 aromatic heterocycles. The molecular formula is C26H29NO7. The van der Waals surface area contributed by atoms with E-state index >= 15 is 0 Å². The number of nitrogens with zero attached hydrogens (tertiary/aromatic N) is 1. The molecule has 0 saturated carbocycles. The van der Waals surface area contributed by atoms with Crippen molar-refractivity contribution in [2.45, 2.75) is 33.1 Å². The molecule has 0 aliphatic carbocycles. The van der Waals surface area contributed by atoms with Gasteiger partial charge < -0.3 is 23.5 Å². The lowest BCUT2D eigenvalue weighted by Gasteiger charge is -2.16. The van der Waals surface area contributed by atoms with Crippen molar-refractivity contribution in [1.29, 1.82) is 0 Å². The van der Waals surface area contributed by atoms with E-state index in [0.29, 0.717) is 42.0 Å².